The number of fused-ring (bicyclic) bond motifs is 1. The molecule has 0 saturated carbocycles. The minimum Gasteiger partial charge on any atom is -0.295 e. The molecule has 0 aliphatic carbocycles. The van der Waals surface area contributed by atoms with Crippen LogP contribution in [0.15, 0.2) is 49.8 Å². The van der Waals surface area contributed by atoms with Crippen molar-refractivity contribution in [2.75, 3.05) is 6.54 Å². The van der Waals surface area contributed by atoms with Crippen LogP contribution in [0.25, 0.3) is 11.2 Å². The second-order valence-electron chi connectivity index (χ2n) is 6.52. The van der Waals surface area contributed by atoms with Crippen molar-refractivity contribution in [2.45, 2.75) is 13.0 Å². The first-order valence-electron chi connectivity index (χ1n) is 8.63. The standard InChI is InChI=1S/C18H17BrN6O3/c1-22-15-14(16(27)23(2)18(22)28)20-17(19)24(15)10-13(26)25-9-8-12(21-25)11-6-4-3-5-7-11/h3-7H,8-10H2,1-2H3. The van der Waals surface area contributed by atoms with Crippen LogP contribution in [-0.4, -0.2) is 41.9 Å². The van der Waals surface area contributed by atoms with E-state index in [9.17, 15) is 14.4 Å². The highest BCUT2D eigenvalue weighted by Gasteiger charge is 2.25. The van der Waals surface area contributed by atoms with Gasteiger partial charge >= 0.3 is 5.69 Å². The monoisotopic (exact) mass is 444 g/mol. The van der Waals surface area contributed by atoms with Gasteiger partial charge in [-0.2, -0.15) is 5.10 Å². The van der Waals surface area contributed by atoms with E-state index in [1.807, 2.05) is 30.3 Å². The number of rotatable bonds is 3. The fourth-order valence-corrected chi connectivity index (χ4v) is 3.76. The van der Waals surface area contributed by atoms with Crippen LogP contribution in [-0.2, 0) is 25.4 Å². The van der Waals surface area contributed by atoms with Crippen LogP contribution >= 0.6 is 15.9 Å². The Morgan fingerprint density at radius 2 is 1.86 bits per heavy atom. The molecule has 1 aliphatic rings. The van der Waals surface area contributed by atoms with Gasteiger partial charge < -0.3 is 0 Å². The van der Waals surface area contributed by atoms with Crippen LogP contribution in [0.5, 0.6) is 0 Å². The minimum absolute atomic E-state index is 0.0941. The van der Waals surface area contributed by atoms with Crippen molar-refractivity contribution in [3.63, 3.8) is 0 Å². The third-order valence-electron chi connectivity index (χ3n) is 4.78. The Morgan fingerprint density at radius 1 is 1.14 bits per heavy atom. The normalized spacial score (nSPS) is 14.0. The second-order valence-corrected chi connectivity index (χ2v) is 7.23. The number of hydrogen-bond acceptors (Lipinski definition) is 5. The Kier molecular flexibility index (Phi) is 4.50. The van der Waals surface area contributed by atoms with Gasteiger partial charge in [-0.1, -0.05) is 30.3 Å². The van der Waals surface area contributed by atoms with Crippen molar-refractivity contribution in [3.05, 3.63) is 61.5 Å². The molecule has 1 amide bonds. The number of imidazole rings is 1. The molecule has 0 bridgehead atoms. The van der Waals surface area contributed by atoms with Gasteiger partial charge in [-0.15, -0.1) is 0 Å². The molecule has 9 nitrogen and oxygen atoms in total. The smallest absolute Gasteiger partial charge is 0.295 e. The largest absolute Gasteiger partial charge is 0.332 e. The van der Waals surface area contributed by atoms with E-state index in [1.165, 1.54) is 21.2 Å². The van der Waals surface area contributed by atoms with Gasteiger partial charge in [0, 0.05) is 20.5 Å². The molecule has 3 aromatic rings. The van der Waals surface area contributed by atoms with Crippen LogP contribution in [0.4, 0.5) is 0 Å². The maximum atomic E-state index is 12.8. The van der Waals surface area contributed by atoms with E-state index in [-0.39, 0.29) is 18.0 Å². The van der Waals surface area contributed by atoms with Gasteiger partial charge in [-0.25, -0.2) is 14.8 Å². The maximum absolute atomic E-state index is 12.8. The summed E-state index contributed by atoms with van der Waals surface area (Å²) < 4.78 is 4.12. The summed E-state index contributed by atoms with van der Waals surface area (Å²) in [5.41, 5.74) is 1.27. The Morgan fingerprint density at radius 3 is 2.57 bits per heavy atom. The molecule has 0 radical (unpaired) electrons. The van der Waals surface area contributed by atoms with E-state index in [0.717, 1.165) is 15.8 Å². The topological polar surface area (TPSA) is 94.5 Å². The molecule has 2 aromatic heterocycles. The highest BCUT2D eigenvalue weighted by atomic mass is 79.9. The summed E-state index contributed by atoms with van der Waals surface area (Å²) in [6, 6.07) is 9.70. The summed E-state index contributed by atoms with van der Waals surface area (Å²) in [4.78, 5) is 41.6. The first kappa shape index (κ1) is 18.4. The molecule has 0 N–H and O–H groups in total. The SMILES string of the molecule is Cn1c(=O)c2nc(Br)n(CC(=O)N3CCC(c4ccccc4)=N3)c2n(C)c1=O. The molecule has 0 atom stereocenters. The molecule has 144 valence electrons. The average Bonchev–Trinajstić information content (AvgIpc) is 3.31. The molecule has 4 rings (SSSR count). The van der Waals surface area contributed by atoms with Gasteiger partial charge in [0.25, 0.3) is 11.5 Å². The number of hydrazone groups is 1. The summed E-state index contributed by atoms with van der Waals surface area (Å²) in [5.74, 6) is -0.251. The lowest BCUT2D eigenvalue weighted by Gasteiger charge is -2.14. The van der Waals surface area contributed by atoms with Crippen molar-refractivity contribution in [1.82, 2.24) is 23.7 Å². The molecule has 0 saturated heterocycles. The average molecular weight is 445 g/mol. The van der Waals surface area contributed by atoms with Gasteiger partial charge in [-0.05, 0) is 21.5 Å². The fourth-order valence-electron chi connectivity index (χ4n) is 3.29. The van der Waals surface area contributed by atoms with Crippen LogP contribution < -0.4 is 11.2 Å². The van der Waals surface area contributed by atoms with Crippen LogP contribution in [0.2, 0.25) is 0 Å². The van der Waals surface area contributed by atoms with Crippen LogP contribution in [0, 0.1) is 0 Å². The van der Waals surface area contributed by atoms with E-state index >= 15 is 0 Å². The first-order chi connectivity index (χ1) is 13.4. The molecule has 0 spiro atoms. The van der Waals surface area contributed by atoms with Crippen molar-refractivity contribution in [2.24, 2.45) is 19.2 Å². The fraction of sp³-hybridized carbons (Fsp3) is 0.278. The van der Waals surface area contributed by atoms with Gasteiger partial charge in [0.1, 0.15) is 6.54 Å². The predicted molar refractivity (Wildman–Crippen MR) is 107 cm³/mol. The lowest BCUT2D eigenvalue weighted by molar-refractivity contribution is -0.131. The molecule has 0 fully saturated rings. The van der Waals surface area contributed by atoms with Gasteiger partial charge in [0.05, 0.1) is 12.3 Å². The van der Waals surface area contributed by atoms with Crippen LogP contribution in [0.1, 0.15) is 12.0 Å². The zero-order valence-electron chi connectivity index (χ0n) is 15.3. The molecule has 10 heteroatoms. The zero-order valence-corrected chi connectivity index (χ0v) is 16.9. The first-order valence-corrected chi connectivity index (χ1v) is 9.43. The Labute approximate surface area is 167 Å². The Hall–Kier alpha value is -3.01. The van der Waals surface area contributed by atoms with Crippen molar-refractivity contribution < 1.29 is 4.79 Å². The maximum Gasteiger partial charge on any atom is 0.332 e. The number of amides is 1. The number of aromatic nitrogens is 4. The van der Waals surface area contributed by atoms with Crippen molar-refractivity contribution >= 4 is 38.7 Å². The summed E-state index contributed by atoms with van der Waals surface area (Å²) in [7, 11) is 2.94. The third kappa shape index (κ3) is 2.89. The van der Waals surface area contributed by atoms with E-state index in [4.69, 9.17) is 0 Å². The summed E-state index contributed by atoms with van der Waals surface area (Å²) >= 11 is 3.29. The molecular formula is C18H17BrN6O3. The Bertz CT molecular complexity index is 1240. The molecule has 28 heavy (non-hydrogen) atoms. The zero-order chi connectivity index (χ0) is 20.0. The number of nitrogens with zero attached hydrogens (tertiary/aromatic N) is 6. The van der Waals surface area contributed by atoms with Gasteiger partial charge in [-0.3, -0.25) is 23.3 Å². The molecular weight excluding hydrogens is 428 g/mol. The number of carbonyl (C=O) groups is 1. The second kappa shape index (κ2) is 6.86. The summed E-state index contributed by atoms with van der Waals surface area (Å²) in [6.07, 6.45) is 0.667. The number of aryl methyl sites for hydroxylation is 1. The summed E-state index contributed by atoms with van der Waals surface area (Å²) in [6.45, 7) is 0.386. The van der Waals surface area contributed by atoms with Gasteiger partial charge in [0.2, 0.25) is 0 Å². The molecule has 0 unspecified atom stereocenters. The lowest BCUT2D eigenvalue weighted by Crippen LogP contribution is -2.38. The number of halogens is 1. The van der Waals surface area contributed by atoms with Gasteiger partial charge in [0.15, 0.2) is 15.9 Å². The highest BCUT2D eigenvalue weighted by Crippen LogP contribution is 2.19. The van der Waals surface area contributed by atoms with Crippen molar-refractivity contribution in [3.8, 4) is 0 Å². The van der Waals surface area contributed by atoms with Crippen LogP contribution in [0.3, 0.4) is 0 Å². The van der Waals surface area contributed by atoms with E-state index < -0.39 is 11.2 Å². The number of benzene rings is 1. The predicted octanol–water partition coefficient (Wildman–Crippen LogP) is 0.833. The van der Waals surface area contributed by atoms with Crippen molar-refractivity contribution in [1.29, 1.82) is 0 Å². The lowest BCUT2D eigenvalue weighted by atomic mass is 10.1. The number of hydrogen-bond donors (Lipinski definition) is 0. The molecule has 3 heterocycles. The Balaban J connectivity index is 1.69. The summed E-state index contributed by atoms with van der Waals surface area (Å²) in [5, 5.41) is 5.85. The van der Waals surface area contributed by atoms with E-state index in [0.29, 0.717) is 23.3 Å². The van der Waals surface area contributed by atoms with E-state index in [1.54, 1.807) is 7.05 Å². The minimum atomic E-state index is -0.504. The highest BCUT2D eigenvalue weighted by molar-refractivity contribution is 9.10. The quantitative estimate of drug-likeness (QED) is 0.559. The molecule has 1 aromatic carbocycles. The van der Waals surface area contributed by atoms with E-state index in [2.05, 4.69) is 26.0 Å². The number of carbonyl (C=O) groups excluding carboxylic acids is 1. The molecule has 1 aliphatic heterocycles. The third-order valence-corrected chi connectivity index (χ3v) is 5.39.